The zero-order valence-electron chi connectivity index (χ0n) is 18.4. The summed E-state index contributed by atoms with van der Waals surface area (Å²) in [5, 5.41) is 7.36. The van der Waals surface area contributed by atoms with Crippen LogP contribution in [0.5, 0.6) is 11.5 Å². The molecule has 0 aliphatic carbocycles. The Morgan fingerprint density at radius 1 is 0.875 bits per heavy atom. The number of hydrogen-bond donors (Lipinski definition) is 1. The molecule has 0 saturated carbocycles. The molecule has 0 bridgehead atoms. The first-order chi connectivity index (χ1) is 15.5. The van der Waals surface area contributed by atoms with Crippen LogP contribution < -0.4 is 14.8 Å². The van der Waals surface area contributed by atoms with Gasteiger partial charge in [-0.3, -0.25) is 4.79 Å². The van der Waals surface area contributed by atoms with Gasteiger partial charge in [0.05, 0.1) is 25.6 Å². The number of amides is 1. The molecule has 0 radical (unpaired) electrons. The molecule has 0 saturated heterocycles. The van der Waals surface area contributed by atoms with Gasteiger partial charge in [0.1, 0.15) is 11.5 Å². The molecule has 4 rings (SSSR count). The van der Waals surface area contributed by atoms with Crippen LogP contribution in [0.4, 0.5) is 5.69 Å². The normalized spacial score (nSPS) is 10.6. The number of aromatic nitrogens is 3. The number of benzene rings is 3. The lowest BCUT2D eigenvalue weighted by Gasteiger charge is -2.10. The molecule has 162 valence electrons. The summed E-state index contributed by atoms with van der Waals surface area (Å²) in [5.74, 6) is 1.29. The highest BCUT2D eigenvalue weighted by Gasteiger charge is 2.20. The summed E-state index contributed by atoms with van der Waals surface area (Å²) in [7, 11) is 3.10. The molecule has 7 nitrogen and oxygen atoms in total. The maximum absolute atomic E-state index is 13.1. The molecule has 1 heterocycles. The molecule has 0 aliphatic heterocycles. The third-order valence-electron chi connectivity index (χ3n) is 5.05. The molecule has 0 unspecified atom stereocenters. The Bertz CT molecular complexity index is 1180. The number of hydrogen-bond acceptors (Lipinski definition) is 5. The quantitative estimate of drug-likeness (QED) is 0.476. The van der Waals surface area contributed by atoms with E-state index in [9.17, 15) is 4.79 Å². The van der Waals surface area contributed by atoms with Gasteiger partial charge in [-0.05, 0) is 38.1 Å². The zero-order valence-corrected chi connectivity index (χ0v) is 18.4. The van der Waals surface area contributed by atoms with E-state index in [1.54, 1.807) is 30.0 Å². The first kappa shape index (κ1) is 21.1. The second-order valence-electron chi connectivity index (χ2n) is 7.39. The van der Waals surface area contributed by atoms with Crippen LogP contribution in [-0.2, 0) is 0 Å². The molecular formula is C25H24N4O3. The lowest BCUT2D eigenvalue weighted by molar-refractivity contribution is 0.101. The minimum atomic E-state index is -0.448. The van der Waals surface area contributed by atoms with Crippen LogP contribution in [0.15, 0.2) is 66.7 Å². The molecule has 4 aromatic rings. The number of carbonyl (C=O) groups is 1. The summed E-state index contributed by atoms with van der Waals surface area (Å²) in [5.41, 5.74) is 4.42. The highest BCUT2D eigenvalue weighted by Crippen LogP contribution is 2.29. The van der Waals surface area contributed by atoms with E-state index < -0.39 is 5.91 Å². The van der Waals surface area contributed by atoms with Gasteiger partial charge in [-0.1, -0.05) is 47.5 Å². The number of rotatable bonds is 6. The van der Waals surface area contributed by atoms with E-state index in [0.717, 1.165) is 22.4 Å². The van der Waals surface area contributed by atoms with Crippen molar-refractivity contribution in [1.29, 1.82) is 0 Å². The fourth-order valence-electron chi connectivity index (χ4n) is 3.25. The molecule has 1 N–H and O–H groups in total. The van der Waals surface area contributed by atoms with Crippen molar-refractivity contribution >= 4 is 11.6 Å². The number of anilines is 1. The van der Waals surface area contributed by atoms with Crippen LogP contribution in [0.3, 0.4) is 0 Å². The van der Waals surface area contributed by atoms with E-state index in [0.29, 0.717) is 23.0 Å². The molecule has 1 aromatic heterocycles. The summed E-state index contributed by atoms with van der Waals surface area (Å²) >= 11 is 0. The fraction of sp³-hybridized carbons (Fsp3) is 0.160. The number of methoxy groups -OCH3 is 2. The Kier molecular flexibility index (Phi) is 5.89. The van der Waals surface area contributed by atoms with Crippen molar-refractivity contribution in [3.63, 3.8) is 0 Å². The van der Waals surface area contributed by atoms with Crippen molar-refractivity contribution < 1.29 is 14.3 Å². The van der Waals surface area contributed by atoms with Crippen molar-refractivity contribution in [3.05, 3.63) is 83.7 Å². The van der Waals surface area contributed by atoms with E-state index in [-0.39, 0.29) is 5.82 Å². The fourth-order valence-corrected chi connectivity index (χ4v) is 3.25. The minimum absolute atomic E-state index is 0.0472. The second kappa shape index (κ2) is 8.93. The highest BCUT2D eigenvalue weighted by molar-refractivity contribution is 6.02. The SMILES string of the molecule is COc1ccc(OC)c(NC(=O)c2nc(-c3ccc(C)cc3)n(-c3ccc(C)cc3)n2)c1. The molecule has 7 heteroatoms. The van der Waals surface area contributed by atoms with Gasteiger partial charge in [0.25, 0.3) is 5.91 Å². The van der Waals surface area contributed by atoms with E-state index in [2.05, 4.69) is 15.4 Å². The van der Waals surface area contributed by atoms with Crippen LogP contribution in [0.2, 0.25) is 0 Å². The van der Waals surface area contributed by atoms with E-state index >= 15 is 0 Å². The molecular weight excluding hydrogens is 404 g/mol. The van der Waals surface area contributed by atoms with Gasteiger partial charge >= 0.3 is 0 Å². The maximum atomic E-state index is 13.1. The smallest absolute Gasteiger partial charge is 0.295 e. The molecule has 0 aliphatic rings. The lowest BCUT2D eigenvalue weighted by atomic mass is 10.1. The van der Waals surface area contributed by atoms with Crippen LogP contribution in [0.25, 0.3) is 17.1 Å². The van der Waals surface area contributed by atoms with Gasteiger partial charge < -0.3 is 14.8 Å². The average Bonchev–Trinajstić information content (AvgIpc) is 3.25. The molecule has 3 aromatic carbocycles. The van der Waals surface area contributed by atoms with Crippen LogP contribution in [-0.4, -0.2) is 34.9 Å². The van der Waals surface area contributed by atoms with E-state index in [4.69, 9.17) is 9.47 Å². The summed E-state index contributed by atoms with van der Waals surface area (Å²) in [6.07, 6.45) is 0. The first-order valence-electron chi connectivity index (χ1n) is 10.1. The van der Waals surface area contributed by atoms with E-state index in [1.807, 2.05) is 62.4 Å². The van der Waals surface area contributed by atoms with Gasteiger partial charge in [0.15, 0.2) is 5.82 Å². The van der Waals surface area contributed by atoms with Crippen molar-refractivity contribution in [2.24, 2.45) is 0 Å². The summed E-state index contributed by atoms with van der Waals surface area (Å²) < 4.78 is 12.3. The summed E-state index contributed by atoms with van der Waals surface area (Å²) in [4.78, 5) is 17.6. The van der Waals surface area contributed by atoms with Gasteiger partial charge in [0, 0.05) is 11.6 Å². The first-order valence-corrected chi connectivity index (χ1v) is 10.1. The van der Waals surface area contributed by atoms with Crippen LogP contribution in [0, 0.1) is 13.8 Å². The van der Waals surface area contributed by atoms with Crippen LogP contribution in [0.1, 0.15) is 21.7 Å². The Balaban J connectivity index is 1.75. The van der Waals surface area contributed by atoms with Crippen molar-refractivity contribution in [3.8, 4) is 28.6 Å². The van der Waals surface area contributed by atoms with Gasteiger partial charge in [-0.2, -0.15) is 0 Å². The molecule has 0 atom stereocenters. The van der Waals surface area contributed by atoms with Crippen molar-refractivity contribution in [1.82, 2.24) is 14.8 Å². The molecule has 32 heavy (non-hydrogen) atoms. The Hall–Kier alpha value is -4.13. The number of carbonyl (C=O) groups excluding carboxylic acids is 1. The lowest BCUT2D eigenvalue weighted by Crippen LogP contribution is -2.15. The maximum Gasteiger partial charge on any atom is 0.295 e. The Morgan fingerprint density at radius 3 is 2.16 bits per heavy atom. The third kappa shape index (κ3) is 4.32. The predicted octanol–water partition coefficient (Wildman–Crippen LogP) is 4.82. The molecule has 0 fully saturated rings. The minimum Gasteiger partial charge on any atom is -0.497 e. The monoisotopic (exact) mass is 428 g/mol. The Labute approximate surface area is 186 Å². The molecule has 1 amide bonds. The largest absolute Gasteiger partial charge is 0.497 e. The third-order valence-corrected chi connectivity index (χ3v) is 5.05. The van der Waals surface area contributed by atoms with Crippen LogP contribution >= 0.6 is 0 Å². The topological polar surface area (TPSA) is 78.3 Å². The summed E-state index contributed by atoms with van der Waals surface area (Å²) in [6.45, 7) is 4.04. The zero-order chi connectivity index (χ0) is 22.7. The Morgan fingerprint density at radius 2 is 1.53 bits per heavy atom. The molecule has 0 spiro atoms. The average molecular weight is 428 g/mol. The predicted molar refractivity (Wildman–Crippen MR) is 124 cm³/mol. The second-order valence-corrected chi connectivity index (χ2v) is 7.39. The number of nitrogens with zero attached hydrogens (tertiary/aromatic N) is 3. The van der Waals surface area contributed by atoms with Gasteiger partial charge in [-0.15, -0.1) is 5.10 Å². The van der Waals surface area contributed by atoms with Crippen molar-refractivity contribution in [2.75, 3.05) is 19.5 Å². The highest BCUT2D eigenvalue weighted by atomic mass is 16.5. The van der Waals surface area contributed by atoms with Gasteiger partial charge in [-0.25, -0.2) is 9.67 Å². The van der Waals surface area contributed by atoms with Crippen molar-refractivity contribution in [2.45, 2.75) is 13.8 Å². The summed E-state index contributed by atoms with van der Waals surface area (Å²) in [6, 6.07) is 21.0. The van der Waals surface area contributed by atoms with Gasteiger partial charge in [0.2, 0.25) is 5.82 Å². The van der Waals surface area contributed by atoms with E-state index in [1.165, 1.54) is 7.11 Å². The number of nitrogens with one attached hydrogen (secondary N) is 1. The number of ether oxygens (including phenoxy) is 2. The number of aryl methyl sites for hydroxylation is 2. The standard InChI is InChI=1S/C25H24N4O3/c1-16-5-9-18(10-6-16)24-27-23(28-29(24)19-11-7-17(2)8-12-19)25(30)26-21-15-20(31-3)13-14-22(21)32-4/h5-15H,1-4H3,(H,26,30).